The number of nitrogens with zero attached hydrogens (tertiary/aromatic N) is 5. The van der Waals surface area contributed by atoms with E-state index in [0.29, 0.717) is 50.0 Å². The predicted molar refractivity (Wildman–Crippen MR) is 150 cm³/mol. The first kappa shape index (κ1) is 26.3. The van der Waals surface area contributed by atoms with Crippen molar-refractivity contribution >= 4 is 29.1 Å². The van der Waals surface area contributed by atoms with E-state index >= 15 is 8.78 Å². The van der Waals surface area contributed by atoms with Crippen LogP contribution in [0.2, 0.25) is 0 Å². The van der Waals surface area contributed by atoms with Gasteiger partial charge < -0.3 is 24.0 Å². The van der Waals surface area contributed by atoms with Crippen LogP contribution in [-0.2, 0) is 0 Å². The van der Waals surface area contributed by atoms with Gasteiger partial charge in [-0.3, -0.25) is 0 Å². The summed E-state index contributed by atoms with van der Waals surface area (Å²) >= 11 is 1.43. The van der Waals surface area contributed by atoms with Gasteiger partial charge in [-0.05, 0) is 67.9 Å². The first-order chi connectivity index (χ1) is 19.0. The summed E-state index contributed by atoms with van der Waals surface area (Å²) in [6.07, 6.45) is 4.72. The molecule has 1 unspecified atom stereocenters. The van der Waals surface area contributed by atoms with Gasteiger partial charge in [-0.2, -0.15) is 0 Å². The monoisotopic (exact) mass is 556 g/mol. The normalized spacial score (nSPS) is 21.3. The molecule has 0 amide bonds. The van der Waals surface area contributed by atoms with Crippen LogP contribution in [0.4, 0.5) is 26.0 Å². The molecule has 7 rings (SSSR count). The third kappa shape index (κ3) is 5.99. The molecule has 0 saturated carbocycles. The molecule has 2 saturated heterocycles. The second-order valence-corrected chi connectivity index (χ2v) is 11.8. The SMILES string of the molecule is OCCSNc1ccc2c(c1)N1CCC(CC1)CC(F)(F)CC1CCCN(C1)c1cc(ccn1)-c1nnc-2o1. The molecule has 0 spiro atoms. The fourth-order valence-electron chi connectivity index (χ4n) is 6.14. The number of piperidine rings is 2. The molecule has 1 aromatic carbocycles. The van der Waals surface area contributed by atoms with Gasteiger partial charge in [0, 0.05) is 62.2 Å². The summed E-state index contributed by atoms with van der Waals surface area (Å²) in [6.45, 7) is 2.84. The third-order valence-corrected chi connectivity index (χ3v) is 8.77. The van der Waals surface area contributed by atoms with Crippen LogP contribution >= 0.6 is 11.9 Å². The highest BCUT2D eigenvalue weighted by Crippen LogP contribution is 2.41. The molecule has 1 atom stereocenters. The number of rotatable bonds is 4. The molecule has 208 valence electrons. The summed E-state index contributed by atoms with van der Waals surface area (Å²) in [5.41, 5.74) is 3.39. The summed E-state index contributed by atoms with van der Waals surface area (Å²) in [5, 5.41) is 17.9. The number of pyridine rings is 1. The maximum atomic E-state index is 15.3. The second-order valence-electron chi connectivity index (χ2n) is 10.9. The number of aromatic nitrogens is 3. The first-order valence-corrected chi connectivity index (χ1v) is 14.8. The molecule has 0 radical (unpaired) electrons. The Balaban J connectivity index is 1.38. The molecular formula is C28H34F2N6O2S. The number of hydrogen-bond acceptors (Lipinski definition) is 9. The number of fused-ring (bicyclic) bond motifs is 4. The maximum Gasteiger partial charge on any atom is 0.250 e. The first-order valence-electron chi connectivity index (χ1n) is 13.8. The lowest BCUT2D eigenvalue weighted by Gasteiger charge is -2.38. The number of anilines is 3. The Bertz CT molecular complexity index is 1280. The van der Waals surface area contributed by atoms with Crippen LogP contribution in [0.5, 0.6) is 0 Å². The number of hydrogen-bond donors (Lipinski definition) is 2. The minimum absolute atomic E-state index is 0.00644. The van der Waals surface area contributed by atoms with E-state index in [1.54, 1.807) is 6.20 Å². The number of aliphatic hydroxyl groups excluding tert-OH is 1. The van der Waals surface area contributed by atoms with Gasteiger partial charge in [-0.15, -0.1) is 10.2 Å². The standard InChI is InChI=1S/C28H34F2N6O2S/c29-28(30)16-19-6-10-35(11-7-19)24-15-22(34-39-13-12-37)3-4-23(24)27-33-32-26(38-27)21-5-8-31-25(14-21)36-9-1-2-20(17-28)18-36/h3-5,8,14-15,19-20,34,37H,1-2,6-7,9-13,16-18H2. The summed E-state index contributed by atoms with van der Waals surface area (Å²) in [5.74, 6) is -0.598. The minimum Gasteiger partial charge on any atom is -0.416 e. The van der Waals surface area contributed by atoms with Crippen LogP contribution in [0.3, 0.4) is 0 Å². The molecule has 6 heterocycles. The lowest BCUT2D eigenvalue weighted by molar-refractivity contribution is -0.0481. The number of benzene rings is 1. The largest absolute Gasteiger partial charge is 0.416 e. The summed E-state index contributed by atoms with van der Waals surface area (Å²) in [6, 6.07) is 9.70. The molecule has 8 nitrogen and oxygen atoms in total. The van der Waals surface area contributed by atoms with Crippen molar-refractivity contribution in [2.75, 3.05) is 53.1 Å². The molecule has 0 aliphatic carbocycles. The van der Waals surface area contributed by atoms with Gasteiger partial charge in [0.1, 0.15) is 5.82 Å². The van der Waals surface area contributed by atoms with E-state index in [0.717, 1.165) is 47.7 Å². The smallest absolute Gasteiger partial charge is 0.250 e. The average molecular weight is 557 g/mol. The number of alkyl halides is 2. The summed E-state index contributed by atoms with van der Waals surface area (Å²) < 4.78 is 40.1. The lowest BCUT2D eigenvalue weighted by Crippen LogP contribution is -2.40. The van der Waals surface area contributed by atoms with Crippen LogP contribution in [0.15, 0.2) is 40.9 Å². The molecule has 2 fully saturated rings. The van der Waals surface area contributed by atoms with Gasteiger partial charge in [0.2, 0.25) is 17.7 Å². The average Bonchev–Trinajstić information content (AvgIpc) is 3.43. The molecule has 4 aliphatic heterocycles. The van der Waals surface area contributed by atoms with Gasteiger partial charge in [0.25, 0.3) is 0 Å². The molecule has 39 heavy (non-hydrogen) atoms. The van der Waals surface area contributed by atoms with Crippen LogP contribution in [0.1, 0.15) is 38.5 Å². The summed E-state index contributed by atoms with van der Waals surface area (Å²) in [4.78, 5) is 8.90. The van der Waals surface area contributed by atoms with Gasteiger partial charge in [-0.1, -0.05) is 11.9 Å². The molecular weight excluding hydrogens is 522 g/mol. The predicted octanol–water partition coefficient (Wildman–Crippen LogP) is 5.71. The van der Waals surface area contributed by atoms with Crippen LogP contribution in [-0.4, -0.2) is 64.7 Å². The quantitative estimate of drug-likeness (QED) is 0.310. The number of aliphatic hydroxyl groups is 1. The van der Waals surface area contributed by atoms with Crippen molar-refractivity contribution in [3.8, 4) is 22.9 Å². The Morgan fingerprint density at radius 2 is 1.82 bits per heavy atom. The van der Waals surface area contributed by atoms with Crippen molar-refractivity contribution in [3.63, 3.8) is 0 Å². The van der Waals surface area contributed by atoms with E-state index in [1.807, 2.05) is 30.3 Å². The highest BCUT2D eigenvalue weighted by molar-refractivity contribution is 8.00. The van der Waals surface area contributed by atoms with Gasteiger partial charge in [-0.25, -0.2) is 13.8 Å². The Labute approximate surface area is 231 Å². The number of nitrogens with one attached hydrogen (secondary N) is 1. The van der Waals surface area contributed by atoms with E-state index in [4.69, 9.17) is 9.52 Å². The molecule has 8 bridgehead atoms. The fraction of sp³-hybridized carbons (Fsp3) is 0.536. The Hall–Kier alpha value is -2.92. The van der Waals surface area contributed by atoms with Gasteiger partial charge in [0.15, 0.2) is 0 Å². The zero-order valence-corrected chi connectivity index (χ0v) is 22.7. The Morgan fingerprint density at radius 1 is 1.00 bits per heavy atom. The van der Waals surface area contributed by atoms with Gasteiger partial charge in [0.05, 0.1) is 17.9 Å². The van der Waals surface area contributed by atoms with Crippen molar-refractivity contribution in [3.05, 3.63) is 36.5 Å². The molecule has 3 aromatic rings. The molecule has 4 aliphatic rings. The van der Waals surface area contributed by atoms with Crippen LogP contribution in [0, 0.1) is 11.8 Å². The van der Waals surface area contributed by atoms with Gasteiger partial charge >= 0.3 is 0 Å². The zero-order chi connectivity index (χ0) is 26.8. The topological polar surface area (TPSA) is 90.6 Å². The highest BCUT2D eigenvalue weighted by Gasteiger charge is 2.38. The van der Waals surface area contributed by atoms with Crippen molar-refractivity contribution in [1.82, 2.24) is 15.2 Å². The lowest BCUT2D eigenvalue weighted by atomic mass is 9.85. The van der Waals surface area contributed by atoms with E-state index in [9.17, 15) is 0 Å². The molecule has 2 aromatic heterocycles. The minimum atomic E-state index is -2.67. The summed E-state index contributed by atoms with van der Waals surface area (Å²) in [7, 11) is 0. The van der Waals surface area contributed by atoms with Crippen molar-refractivity contribution in [2.24, 2.45) is 11.8 Å². The highest BCUT2D eigenvalue weighted by atomic mass is 32.2. The third-order valence-electron chi connectivity index (χ3n) is 8.00. The van der Waals surface area contributed by atoms with E-state index in [2.05, 4.69) is 29.7 Å². The zero-order valence-electron chi connectivity index (χ0n) is 21.9. The maximum absolute atomic E-state index is 15.3. The van der Waals surface area contributed by atoms with Crippen molar-refractivity contribution in [2.45, 2.75) is 44.4 Å². The van der Waals surface area contributed by atoms with Crippen LogP contribution < -0.4 is 14.5 Å². The Kier molecular flexibility index (Phi) is 7.61. The van der Waals surface area contributed by atoms with Crippen molar-refractivity contribution in [1.29, 1.82) is 0 Å². The fourth-order valence-corrected chi connectivity index (χ4v) is 6.62. The van der Waals surface area contributed by atoms with Crippen molar-refractivity contribution < 1.29 is 18.3 Å². The van der Waals surface area contributed by atoms with E-state index in [1.165, 1.54) is 11.9 Å². The number of halogens is 2. The second kappa shape index (κ2) is 11.3. The van der Waals surface area contributed by atoms with Crippen LogP contribution in [0.25, 0.3) is 22.9 Å². The van der Waals surface area contributed by atoms with E-state index in [-0.39, 0.29) is 31.3 Å². The molecule has 11 heteroatoms. The van der Waals surface area contributed by atoms with E-state index < -0.39 is 5.92 Å². The Morgan fingerprint density at radius 3 is 2.67 bits per heavy atom. The molecule has 2 N–H and O–H groups in total.